The molecule has 6 heteroatoms. The Kier molecular flexibility index (Phi) is 5.38. The summed E-state index contributed by atoms with van der Waals surface area (Å²) in [5, 5.41) is 13.9. The summed E-state index contributed by atoms with van der Waals surface area (Å²) in [6, 6.07) is 13.8. The van der Waals surface area contributed by atoms with E-state index in [1.807, 2.05) is 18.2 Å². The molecule has 22 heavy (non-hydrogen) atoms. The van der Waals surface area contributed by atoms with Crippen LogP contribution in [0.3, 0.4) is 0 Å². The zero-order chi connectivity index (χ0) is 15.9. The number of rotatable bonds is 5. The highest BCUT2D eigenvalue weighted by atomic mass is 35.5. The van der Waals surface area contributed by atoms with Crippen LogP contribution in [0, 0.1) is 0 Å². The third kappa shape index (κ3) is 4.49. The molecule has 0 aliphatic carbocycles. The fourth-order valence-corrected chi connectivity index (χ4v) is 1.94. The zero-order valence-corrected chi connectivity index (χ0v) is 12.2. The van der Waals surface area contributed by atoms with Crippen molar-refractivity contribution in [2.75, 3.05) is 0 Å². The number of nitrogens with one attached hydrogen (secondary N) is 1. The lowest BCUT2D eigenvalue weighted by Crippen LogP contribution is -2.41. The van der Waals surface area contributed by atoms with Crippen LogP contribution in [0.4, 0.5) is 4.79 Å². The number of carbonyl (C=O) groups is 2. The molecule has 0 unspecified atom stereocenters. The number of carboxylic acid groups (broad SMARTS) is 1. The van der Waals surface area contributed by atoms with Crippen LogP contribution in [0.1, 0.15) is 17.2 Å². The molecule has 0 bridgehead atoms. The van der Waals surface area contributed by atoms with E-state index < -0.39 is 18.1 Å². The van der Waals surface area contributed by atoms with Crippen LogP contribution in [0.2, 0.25) is 5.02 Å². The van der Waals surface area contributed by atoms with E-state index in [1.165, 1.54) is 24.3 Å². The molecule has 0 fully saturated rings. The number of carboxylic acids is 1. The molecular weight excluding hydrogens is 306 g/mol. The molecule has 1 amide bonds. The summed E-state index contributed by atoms with van der Waals surface area (Å²) in [6.07, 6.45) is -0.840. The third-order valence-electron chi connectivity index (χ3n) is 2.91. The van der Waals surface area contributed by atoms with Gasteiger partial charge in [-0.3, -0.25) is 0 Å². The summed E-state index contributed by atoms with van der Waals surface area (Å²) in [4.78, 5) is 22.9. The van der Waals surface area contributed by atoms with E-state index in [1.54, 1.807) is 12.1 Å². The van der Waals surface area contributed by atoms with Crippen molar-refractivity contribution >= 4 is 23.7 Å². The molecule has 0 heterocycles. The molecule has 1 atom stereocenters. The molecule has 2 rings (SSSR count). The number of aliphatic carboxylic acids is 1. The second kappa shape index (κ2) is 7.47. The van der Waals surface area contributed by atoms with Crippen molar-refractivity contribution in [3.8, 4) is 0 Å². The van der Waals surface area contributed by atoms with Crippen molar-refractivity contribution in [1.82, 2.24) is 5.32 Å². The number of amides is 1. The minimum atomic E-state index is -1.43. The van der Waals surface area contributed by atoms with Crippen molar-refractivity contribution in [3.05, 3.63) is 70.7 Å². The van der Waals surface area contributed by atoms with Gasteiger partial charge < -0.3 is 20.0 Å². The van der Waals surface area contributed by atoms with Crippen molar-refractivity contribution < 1.29 is 19.4 Å². The largest absolute Gasteiger partial charge is 0.548 e. The summed E-state index contributed by atoms with van der Waals surface area (Å²) in [7, 11) is 0. The number of carbonyl (C=O) groups excluding carboxylic acids is 2. The average Bonchev–Trinajstić information content (AvgIpc) is 2.52. The Hall–Kier alpha value is -2.53. The molecule has 0 aromatic heterocycles. The first-order valence-corrected chi connectivity index (χ1v) is 6.87. The summed E-state index contributed by atoms with van der Waals surface area (Å²) in [6.45, 7) is 0.0487. The average molecular weight is 319 g/mol. The van der Waals surface area contributed by atoms with Crippen LogP contribution in [0.5, 0.6) is 0 Å². The molecule has 2 aromatic rings. The highest BCUT2D eigenvalue weighted by molar-refractivity contribution is 6.30. The normalized spacial score (nSPS) is 11.5. The van der Waals surface area contributed by atoms with Gasteiger partial charge in [0.1, 0.15) is 6.61 Å². The molecular formula is C16H13ClNO4-. The van der Waals surface area contributed by atoms with Crippen LogP contribution in [-0.2, 0) is 16.1 Å². The summed E-state index contributed by atoms with van der Waals surface area (Å²) < 4.78 is 4.99. The van der Waals surface area contributed by atoms with Crippen molar-refractivity contribution in [3.63, 3.8) is 0 Å². The van der Waals surface area contributed by atoms with Gasteiger partial charge in [0.2, 0.25) is 0 Å². The highest BCUT2D eigenvalue weighted by Gasteiger charge is 2.16. The van der Waals surface area contributed by atoms with Gasteiger partial charge in [0.15, 0.2) is 0 Å². The van der Waals surface area contributed by atoms with Crippen molar-refractivity contribution in [2.24, 2.45) is 0 Å². The quantitative estimate of drug-likeness (QED) is 0.915. The van der Waals surface area contributed by atoms with E-state index in [9.17, 15) is 14.7 Å². The van der Waals surface area contributed by atoms with Gasteiger partial charge in [0.05, 0.1) is 12.0 Å². The Morgan fingerprint density at radius 2 is 1.73 bits per heavy atom. The van der Waals surface area contributed by atoms with Crippen molar-refractivity contribution in [1.29, 1.82) is 0 Å². The number of alkyl carbamates (subject to hydrolysis) is 1. The van der Waals surface area contributed by atoms with E-state index in [4.69, 9.17) is 16.3 Å². The van der Waals surface area contributed by atoms with Gasteiger partial charge in [-0.2, -0.15) is 0 Å². The maximum atomic E-state index is 11.7. The topological polar surface area (TPSA) is 78.5 Å². The Morgan fingerprint density at radius 3 is 2.32 bits per heavy atom. The molecule has 5 nitrogen and oxygen atoms in total. The maximum Gasteiger partial charge on any atom is 0.408 e. The molecule has 0 radical (unpaired) electrons. The number of hydrogen-bond donors (Lipinski definition) is 1. The number of benzene rings is 2. The molecule has 0 aliphatic heterocycles. The zero-order valence-electron chi connectivity index (χ0n) is 11.5. The Balaban J connectivity index is 1.97. The SMILES string of the molecule is O=C(N[C@H](C(=O)[O-])c1ccc(Cl)cc1)OCc1ccccc1. The first kappa shape index (κ1) is 15.9. The molecule has 0 aliphatic rings. The van der Waals surface area contributed by atoms with Gasteiger partial charge in [-0.05, 0) is 23.3 Å². The third-order valence-corrected chi connectivity index (χ3v) is 3.17. The Bertz CT molecular complexity index is 643. The van der Waals surface area contributed by atoms with Gasteiger partial charge in [0.25, 0.3) is 0 Å². The predicted octanol–water partition coefficient (Wildman–Crippen LogP) is 2.06. The van der Waals surface area contributed by atoms with Crippen LogP contribution in [0.25, 0.3) is 0 Å². The predicted molar refractivity (Wildman–Crippen MR) is 79.0 cm³/mol. The lowest BCUT2D eigenvalue weighted by Gasteiger charge is -2.20. The molecule has 0 saturated heterocycles. The van der Waals surface area contributed by atoms with E-state index in [0.717, 1.165) is 5.56 Å². The maximum absolute atomic E-state index is 11.7. The van der Waals surface area contributed by atoms with E-state index >= 15 is 0 Å². The lowest BCUT2D eigenvalue weighted by atomic mass is 10.1. The van der Waals surface area contributed by atoms with E-state index in [0.29, 0.717) is 10.6 Å². The number of hydrogen-bond acceptors (Lipinski definition) is 4. The Labute approximate surface area is 132 Å². The van der Waals surface area contributed by atoms with Gasteiger partial charge in [-0.1, -0.05) is 54.1 Å². The van der Waals surface area contributed by atoms with Gasteiger partial charge >= 0.3 is 6.09 Å². The number of ether oxygens (including phenoxy) is 1. The van der Waals surface area contributed by atoms with Gasteiger partial charge in [-0.15, -0.1) is 0 Å². The molecule has 0 saturated carbocycles. The highest BCUT2D eigenvalue weighted by Crippen LogP contribution is 2.16. The standard InChI is InChI=1S/C16H14ClNO4/c17-13-8-6-12(7-9-13)14(15(19)20)18-16(21)22-10-11-4-2-1-3-5-11/h1-9,14H,10H2,(H,18,21)(H,19,20)/p-1/t14-/m0/s1. The summed E-state index contributed by atoms with van der Waals surface area (Å²) in [5.74, 6) is -1.43. The molecule has 1 N–H and O–H groups in total. The Morgan fingerprint density at radius 1 is 1.09 bits per heavy atom. The van der Waals surface area contributed by atoms with E-state index in [-0.39, 0.29) is 6.61 Å². The summed E-state index contributed by atoms with van der Waals surface area (Å²) >= 11 is 5.74. The monoisotopic (exact) mass is 318 g/mol. The van der Waals surface area contributed by atoms with Crippen LogP contribution >= 0.6 is 11.6 Å². The fraction of sp³-hybridized carbons (Fsp3) is 0.125. The second-order valence-electron chi connectivity index (χ2n) is 4.51. The minimum absolute atomic E-state index is 0.0487. The van der Waals surface area contributed by atoms with Gasteiger partial charge in [0, 0.05) is 5.02 Å². The van der Waals surface area contributed by atoms with Crippen LogP contribution in [-0.4, -0.2) is 12.1 Å². The van der Waals surface area contributed by atoms with Crippen molar-refractivity contribution in [2.45, 2.75) is 12.6 Å². The molecule has 0 spiro atoms. The van der Waals surface area contributed by atoms with Gasteiger partial charge in [-0.25, -0.2) is 4.79 Å². The van der Waals surface area contributed by atoms with E-state index in [2.05, 4.69) is 5.32 Å². The second-order valence-corrected chi connectivity index (χ2v) is 4.95. The summed E-state index contributed by atoms with van der Waals surface area (Å²) in [5.41, 5.74) is 1.15. The first-order chi connectivity index (χ1) is 10.6. The fourth-order valence-electron chi connectivity index (χ4n) is 1.82. The number of halogens is 1. The first-order valence-electron chi connectivity index (χ1n) is 6.50. The smallest absolute Gasteiger partial charge is 0.408 e. The minimum Gasteiger partial charge on any atom is -0.548 e. The molecule has 2 aromatic carbocycles. The lowest BCUT2D eigenvalue weighted by molar-refractivity contribution is -0.308. The van der Waals surface area contributed by atoms with Crippen LogP contribution < -0.4 is 10.4 Å². The van der Waals surface area contributed by atoms with Crippen LogP contribution in [0.15, 0.2) is 54.6 Å². The molecule has 114 valence electrons.